The van der Waals surface area contributed by atoms with Crippen LogP contribution in [-0.2, 0) is 27.5 Å². The molecule has 41 heavy (non-hydrogen) atoms. The second-order valence-electron chi connectivity index (χ2n) is 10.9. The molecule has 0 saturated carbocycles. The number of imide groups is 1. The molecule has 1 N–H and O–H groups in total. The van der Waals surface area contributed by atoms with E-state index in [0.29, 0.717) is 31.9 Å². The summed E-state index contributed by atoms with van der Waals surface area (Å²) in [5, 5.41) is 11.3. The van der Waals surface area contributed by atoms with Crippen LogP contribution >= 0.6 is 11.3 Å². The molecule has 1 aromatic carbocycles. The molecule has 8 heteroatoms. The maximum absolute atomic E-state index is 13.7. The molecule has 2 aromatic heterocycles. The molecule has 1 aliphatic carbocycles. The van der Waals surface area contributed by atoms with Gasteiger partial charge < -0.3 is 19.0 Å². The predicted octanol–water partition coefficient (Wildman–Crippen LogP) is 6.00. The number of fused-ring (bicyclic) bond motifs is 3. The summed E-state index contributed by atoms with van der Waals surface area (Å²) in [5.41, 5.74) is 3.46. The number of carbonyl (C=O) groups excluding carboxylic acids is 2. The van der Waals surface area contributed by atoms with E-state index in [1.165, 1.54) is 10.5 Å². The number of carbonyl (C=O) groups is 2. The van der Waals surface area contributed by atoms with E-state index >= 15 is 0 Å². The molecule has 3 aliphatic rings. The van der Waals surface area contributed by atoms with E-state index in [-0.39, 0.29) is 42.3 Å². The van der Waals surface area contributed by atoms with Crippen LogP contribution in [0.2, 0.25) is 0 Å². The highest BCUT2D eigenvalue weighted by atomic mass is 32.1. The van der Waals surface area contributed by atoms with Crippen molar-refractivity contribution in [3.05, 3.63) is 93.1 Å². The molecule has 4 atom stereocenters. The molecular weight excluding hydrogens is 538 g/mol. The topological polar surface area (TPSA) is 89.2 Å². The molecule has 2 aliphatic heterocycles. The lowest BCUT2D eigenvalue weighted by molar-refractivity contribution is -0.140. The Morgan fingerprint density at radius 2 is 1.95 bits per heavy atom. The number of aliphatic hydroxyl groups is 1. The number of benzene rings is 1. The summed E-state index contributed by atoms with van der Waals surface area (Å²) >= 11 is 1.56. The highest BCUT2D eigenvalue weighted by molar-refractivity contribution is 7.09. The number of allylic oxidation sites excluding steroid dienone is 1. The third-order valence-electron chi connectivity index (χ3n) is 8.52. The third-order valence-corrected chi connectivity index (χ3v) is 9.38. The molecule has 2 fully saturated rings. The quantitative estimate of drug-likeness (QED) is 0.224. The Kier molecular flexibility index (Phi) is 8.23. The first-order valence-corrected chi connectivity index (χ1v) is 15.2. The van der Waals surface area contributed by atoms with Gasteiger partial charge in [0, 0.05) is 10.8 Å². The van der Waals surface area contributed by atoms with E-state index in [1.807, 2.05) is 60.0 Å². The fourth-order valence-corrected chi connectivity index (χ4v) is 7.19. The Balaban J connectivity index is 1.25. The van der Waals surface area contributed by atoms with Crippen LogP contribution in [0.5, 0.6) is 5.75 Å². The second kappa shape index (κ2) is 12.2. The van der Waals surface area contributed by atoms with Gasteiger partial charge in [-0.1, -0.05) is 36.8 Å². The number of rotatable bonds is 11. The molecular formula is C33H35NO6S. The SMILES string of the molecule is CC/C(=C\c1ccc(CO)o1)CC[C@H]1OC[C@H]2C1=C(COc1ccccc1)C[C@H]1C(=O)N(Cc3cccs3)C(=O)[C@H]12. The average molecular weight is 574 g/mol. The van der Waals surface area contributed by atoms with Gasteiger partial charge >= 0.3 is 0 Å². The second-order valence-corrected chi connectivity index (χ2v) is 12.0. The van der Waals surface area contributed by atoms with Crippen molar-refractivity contribution in [1.82, 2.24) is 4.90 Å². The molecule has 2 amide bonds. The Bertz CT molecular complexity index is 1440. The van der Waals surface area contributed by atoms with Crippen molar-refractivity contribution in [2.45, 2.75) is 51.9 Å². The summed E-state index contributed by atoms with van der Waals surface area (Å²) in [6.07, 6.45) is 4.87. The zero-order valence-electron chi connectivity index (χ0n) is 23.2. The Morgan fingerprint density at radius 3 is 2.68 bits per heavy atom. The van der Waals surface area contributed by atoms with Crippen molar-refractivity contribution in [2.75, 3.05) is 13.2 Å². The van der Waals surface area contributed by atoms with Crippen LogP contribution in [0, 0.1) is 17.8 Å². The van der Waals surface area contributed by atoms with E-state index in [2.05, 4.69) is 6.92 Å². The van der Waals surface area contributed by atoms with Crippen molar-refractivity contribution >= 4 is 29.2 Å². The maximum atomic E-state index is 13.7. The number of likely N-dealkylation sites (tertiary alicyclic amines) is 1. The van der Waals surface area contributed by atoms with Crippen LogP contribution in [0.25, 0.3) is 6.08 Å². The zero-order valence-corrected chi connectivity index (χ0v) is 24.0. The lowest BCUT2D eigenvalue weighted by Gasteiger charge is -2.31. The van der Waals surface area contributed by atoms with Crippen LogP contribution < -0.4 is 4.74 Å². The molecule has 0 radical (unpaired) electrons. The van der Waals surface area contributed by atoms with Crippen molar-refractivity contribution in [2.24, 2.45) is 17.8 Å². The van der Waals surface area contributed by atoms with Gasteiger partial charge in [0.1, 0.15) is 30.5 Å². The Labute approximate surface area is 244 Å². The molecule has 0 unspecified atom stereocenters. The van der Waals surface area contributed by atoms with E-state index in [9.17, 15) is 14.7 Å². The normalized spacial score (nSPS) is 24.2. The van der Waals surface area contributed by atoms with Crippen LogP contribution in [-0.4, -0.2) is 41.1 Å². The summed E-state index contributed by atoms with van der Waals surface area (Å²) in [4.78, 5) is 29.8. The Hall–Kier alpha value is -3.46. The number of hydrogen-bond acceptors (Lipinski definition) is 7. The van der Waals surface area contributed by atoms with Gasteiger partial charge in [-0.25, -0.2) is 0 Å². The molecule has 0 spiro atoms. The zero-order chi connectivity index (χ0) is 28.3. The first-order chi connectivity index (χ1) is 20.1. The summed E-state index contributed by atoms with van der Waals surface area (Å²) in [6.45, 7) is 3.14. The summed E-state index contributed by atoms with van der Waals surface area (Å²) in [7, 11) is 0. The van der Waals surface area contributed by atoms with Gasteiger partial charge in [0.05, 0.1) is 31.1 Å². The van der Waals surface area contributed by atoms with Crippen molar-refractivity contribution in [1.29, 1.82) is 0 Å². The van der Waals surface area contributed by atoms with Gasteiger partial charge in [0.15, 0.2) is 0 Å². The van der Waals surface area contributed by atoms with E-state index in [1.54, 1.807) is 17.4 Å². The number of para-hydroxylation sites is 1. The number of nitrogens with zero attached hydrogens (tertiary/aromatic N) is 1. The minimum atomic E-state index is -0.385. The van der Waals surface area contributed by atoms with Crippen LogP contribution in [0.3, 0.4) is 0 Å². The molecule has 3 aromatic rings. The molecule has 0 bridgehead atoms. The molecule has 214 valence electrons. The molecule has 6 rings (SSSR count). The minimum absolute atomic E-state index is 0.0742. The molecule has 7 nitrogen and oxygen atoms in total. The smallest absolute Gasteiger partial charge is 0.234 e. The number of ether oxygens (including phenoxy) is 2. The number of aliphatic hydroxyl groups excluding tert-OH is 1. The highest BCUT2D eigenvalue weighted by Crippen LogP contribution is 2.50. The highest BCUT2D eigenvalue weighted by Gasteiger charge is 2.57. The van der Waals surface area contributed by atoms with Crippen LogP contribution in [0.15, 0.2) is 81.1 Å². The standard InChI is InChI=1S/C33H35NO6S/c1-2-21(15-24-11-12-25(18-35)40-24)10-13-29-30-22(19-38-23-7-4-3-5-8-23)16-27-31(28(30)20-39-29)33(37)34(32(27)36)17-26-9-6-14-41-26/h3-9,11-12,14-15,27-29,31,35H,2,10,13,16-20H2,1H3/b21-15+/t27-,28+,29-,31-/m1/s1. The fraction of sp³-hybridized carbons (Fsp3) is 0.394. The lowest BCUT2D eigenvalue weighted by atomic mass is 9.69. The van der Waals surface area contributed by atoms with Gasteiger partial charge in [-0.2, -0.15) is 0 Å². The summed E-state index contributed by atoms with van der Waals surface area (Å²) < 4.78 is 18.3. The van der Waals surface area contributed by atoms with Crippen molar-refractivity contribution in [3.63, 3.8) is 0 Å². The van der Waals surface area contributed by atoms with Gasteiger partial charge in [-0.05, 0) is 78.6 Å². The lowest BCUT2D eigenvalue weighted by Crippen LogP contribution is -2.35. The van der Waals surface area contributed by atoms with Gasteiger partial charge in [-0.3, -0.25) is 14.5 Å². The van der Waals surface area contributed by atoms with E-state index in [4.69, 9.17) is 13.9 Å². The van der Waals surface area contributed by atoms with Crippen LogP contribution in [0.1, 0.15) is 49.0 Å². The molecule has 2 saturated heterocycles. The summed E-state index contributed by atoms with van der Waals surface area (Å²) in [5.74, 6) is 1.02. The number of amides is 2. The third kappa shape index (κ3) is 5.69. The van der Waals surface area contributed by atoms with Gasteiger partial charge in [0.25, 0.3) is 0 Å². The number of furan rings is 1. The van der Waals surface area contributed by atoms with Crippen LogP contribution in [0.4, 0.5) is 0 Å². The van der Waals surface area contributed by atoms with E-state index in [0.717, 1.165) is 46.8 Å². The monoisotopic (exact) mass is 573 g/mol. The first-order valence-electron chi connectivity index (χ1n) is 14.3. The Morgan fingerprint density at radius 1 is 1.10 bits per heavy atom. The first kappa shape index (κ1) is 27.7. The number of hydrogen-bond donors (Lipinski definition) is 1. The predicted molar refractivity (Wildman–Crippen MR) is 156 cm³/mol. The molecule has 4 heterocycles. The number of thiophene rings is 1. The van der Waals surface area contributed by atoms with Crippen molar-refractivity contribution in [3.8, 4) is 5.75 Å². The van der Waals surface area contributed by atoms with Gasteiger partial charge in [0.2, 0.25) is 11.8 Å². The fourth-order valence-electron chi connectivity index (χ4n) is 6.50. The average Bonchev–Trinajstić information content (AvgIpc) is 3.80. The van der Waals surface area contributed by atoms with Crippen molar-refractivity contribution < 1.29 is 28.6 Å². The minimum Gasteiger partial charge on any atom is -0.489 e. The summed E-state index contributed by atoms with van der Waals surface area (Å²) in [6, 6.07) is 17.3. The maximum Gasteiger partial charge on any atom is 0.234 e. The van der Waals surface area contributed by atoms with Gasteiger partial charge in [-0.15, -0.1) is 11.3 Å². The van der Waals surface area contributed by atoms with E-state index < -0.39 is 0 Å². The largest absolute Gasteiger partial charge is 0.489 e.